The van der Waals surface area contributed by atoms with E-state index in [0.29, 0.717) is 49.1 Å². The largest absolute Gasteiger partial charge is 0.468 e. The number of halogens is 3. The van der Waals surface area contributed by atoms with Crippen molar-refractivity contribution in [2.24, 2.45) is 0 Å². The normalized spacial score (nSPS) is 13.3. The van der Waals surface area contributed by atoms with Crippen LogP contribution in [0.1, 0.15) is 88.5 Å². The standard InChI is InChI=1S/C25H35F3N4O.C3H6O2.C2H4O/c1-4-6-7-9-19(5-2)30-24-22(15-29-3)21-10-8-13-33-16-17-14-18(25(26,27)28)11-12-20(17)23(21)31-32-24;1-2-5-3-4;1-2-3/h11-12,14,19,29H,4-10,13,15-16H2,1-3H3,(H,30,32);3H,2H2,1H3;2H,1H3. The fourth-order valence-electron chi connectivity index (χ4n) is 4.41. The maximum absolute atomic E-state index is 13.3. The van der Waals surface area contributed by atoms with Crippen LogP contribution in [-0.4, -0.2) is 49.3 Å². The number of ether oxygens (including phenoxy) is 2. The molecule has 1 aliphatic rings. The van der Waals surface area contributed by atoms with Gasteiger partial charge in [-0.15, -0.1) is 10.2 Å². The summed E-state index contributed by atoms with van der Waals surface area (Å²) in [7, 11) is 1.89. The number of rotatable bonds is 11. The van der Waals surface area contributed by atoms with Crippen molar-refractivity contribution < 1.29 is 32.2 Å². The second-order valence-corrected chi connectivity index (χ2v) is 9.44. The highest BCUT2D eigenvalue weighted by Gasteiger charge is 2.32. The highest BCUT2D eigenvalue weighted by atomic mass is 19.4. The zero-order chi connectivity index (χ0) is 30.7. The molecule has 0 fully saturated rings. The molecular weight excluding hydrogens is 537 g/mol. The molecule has 3 rings (SSSR count). The second-order valence-electron chi connectivity index (χ2n) is 9.44. The average Bonchev–Trinajstić information content (AvgIpc) is 3.03. The fraction of sp³-hybridized carbons (Fsp3) is 0.600. The van der Waals surface area contributed by atoms with Crippen molar-refractivity contribution in [3.8, 4) is 11.3 Å². The molecule has 11 heteroatoms. The molecule has 2 N–H and O–H groups in total. The minimum atomic E-state index is -4.40. The Morgan fingerprint density at radius 3 is 2.44 bits per heavy atom. The molecule has 1 aromatic heterocycles. The van der Waals surface area contributed by atoms with Gasteiger partial charge in [-0.2, -0.15) is 13.2 Å². The molecule has 0 amide bonds. The van der Waals surface area contributed by atoms with E-state index in [1.54, 1.807) is 6.92 Å². The van der Waals surface area contributed by atoms with Crippen molar-refractivity contribution in [3.05, 3.63) is 40.5 Å². The molecule has 1 aliphatic heterocycles. The average molecular weight is 583 g/mol. The lowest BCUT2D eigenvalue weighted by Crippen LogP contribution is -2.23. The number of hydrogen-bond acceptors (Lipinski definition) is 8. The van der Waals surface area contributed by atoms with E-state index in [9.17, 15) is 18.0 Å². The van der Waals surface area contributed by atoms with Gasteiger partial charge in [0.05, 0.1) is 24.5 Å². The Morgan fingerprint density at radius 2 is 1.88 bits per heavy atom. The lowest BCUT2D eigenvalue weighted by Gasteiger charge is -2.22. The van der Waals surface area contributed by atoms with Gasteiger partial charge in [-0.1, -0.05) is 39.2 Å². The highest BCUT2D eigenvalue weighted by molar-refractivity contribution is 5.71. The lowest BCUT2D eigenvalue weighted by atomic mass is 9.94. The molecule has 1 unspecified atom stereocenters. The SMILES string of the molecule is CC=O.CCCCCC(CC)Nc1nnc2c(c1CNC)CCCOCc1cc(C(F)(F)F)ccc1-2.CCOC=O. The van der Waals surface area contributed by atoms with Gasteiger partial charge < -0.3 is 24.9 Å². The fourth-order valence-corrected chi connectivity index (χ4v) is 4.41. The van der Waals surface area contributed by atoms with Crippen LogP contribution in [0.2, 0.25) is 0 Å². The number of carbonyl (C=O) groups is 2. The molecule has 230 valence electrons. The number of unbranched alkanes of at least 4 members (excludes halogenated alkanes) is 2. The molecule has 1 atom stereocenters. The van der Waals surface area contributed by atoms with Crippen LogP contribution in [0.5, 0.6) is 0 Å². The van der Waals surface area contributed by atoms with E-state index in [2.05, 4.69) is 39.4 Å². The van der Waals surface area contributed by atoms with Crippen molar-refractivity contribution in [2.45, 2.75) is 98.0 Å². The van der Waals surface area contributed by atoms with Gasteiger partial charge in [0.25, 0.3) is 6.47 Å². The Bertz CT molecular complexity index is 1050. The topological polar surface area (TPSA) is 102 Å². The Labute approximate surface area is 241 Å². The van der Waals surface area contributed by atoms with Crippen LogP contribution in [0.3, 0.4) is 0 Å². The van der Waals surface area contributed by atoms with E-state index >= 15 is 0 Å². The summed E-state index contributed by atoms with van der Waals surface area (Å²) in [5, 5.41) is 15.9. The highest BCUT2D eigenvalue weighted by Crippen LogP contribution is 2.36. The number of aromatic nitrogens is 2. The van der Waals surface area contributed by atoms with E-state index in [1.165, 1.54) is 31.9 Å². The summed E-state index contributed by atoms with van der Waals surface area (Å²) >= 11 is 0. The number of alkyl halides is 3. The number of nitrogens with one attached hydrogen (secondary N) is 2. The van der Waals surface area contributed by atoms with E-state index < -0.39 is 11.7 Å². The molecule has 2 heterocycles. The van der Waals surface area contributed by atoms with Gasteiger partial charge in [0.15, 0.2) is 5.82 Å². The number of anilines is 1. The maximum atomic E-state index is 13.3. The number of carbonyl (C=O) groups excluding carboxylic acids is 2. The number of aldehydes is 1. The molecule has 1 aromatic carbocycles. The van der Waals surface area contributed by atoms with Crippen molar-refractivity contribution >= 4 is 18.6 Å². The number of hydrogen-bond donors (Lipinski definition) is 2. The van der Waals surface area contributed by atoms with Gasteiger partial charge in [-0.3, -0.25) is 4.79 Å². The predicted molar refractivity (Wildman–Crippen MR) is 154 cm³/mol. The summed E-state index contributed by atoms with van der Waals surface area (Å²) in [6.07, 6.45) is 3.43. The summed E-state index contributed by atoms with van der Waals surface area (Å²) in [4.78, 5) is 18.0. The first-order valence-electron chi connectivity index (χ1n) is 14.2. The Morgan fingerprint density at radius 1 is 1.15 bits per heavy atom. The first-order chi connectivity index (χ1) is 19.7. The quantitative estimate of drug-likeness (QED) is 0.229. The van der Waals surface area contributed by atoms with Crippen LogP contribution in [0.25, 0.3) is 11.3 Å². The maximum Gasteiger partial charge on any atom is 0.416 e. The Kier molecular flexibility index (Phi) is 17.5. The second kappa shape index (κ2) is 19.9. The van der Waals surface area contributed by atoms with Gasteiger partial charge in [-0.05, 0) is 69.8 Å². The summed E-state index contributed by atoms with van der Waals surface area (Å²) < 4.78 is 49.8. The Hall–Kier alpha value is -3.05. The van der Waals surface area contributed by atoms with Gasteiger partial charge in [0.2, 0.25) is 0 Å². The van der Waals surface area contributed by atoms with Gasteiger partial charge in [0, 0.05) is 30.3 Å². The molecule has 41 heavy (non-hydrogen) atoms. The predicted octanol–water partition coefficient (Wildman–Crippen LogP) is 6.50. The van der Waals surface area contributed by atoms with E-state index in [1.807, 2.05) is 7.05 Å². The molecule has 0 radical (unpaired) electrons. The molecule has 0 saturated heterocycles. The molecule has 0 saturated carbocycles. The zero-order valence-electron chi connectivity index (χ0n) is 24.9. The van der Waals surface area contributed by atoms with Gasteiger partial charge >= 0.3 is 6.18 Å². The smallest absolute Gasteiger partial charge is 0.416 e. The third-order valence-corrected chi connectivity index (χ3v) is 6.42. The van der Waals surface area contributed by atoms with Crippen LogP contribution in [0.4, 0.5) is 19.0 Å². The molecule has 8 nitrogen and oxygen atoms in total. The van der Waals surface area contributed by atoms with E-state index in [0.717, 1.165) is 61.4 Å². The third-order valence-electron chi connectivity index (χ3n) is 6.42. The molecule has 2 aromatic rings. The molecular formula is C30H45F3N4O4. The number of nitrogens with zero attached hydrogens (tertiary/aromatic N) is 2. The molecule has 0 aliphatic carbocycles. The minimum Gasteiger partial charge on any atom is -0.468 e. The van der Waals surface area contributed by atoms with Crippen LogP contribution in [0, 0.1) is 0 Å². The van der Waals surface area contributed by atoms with Crippen LogP contribution >= 0.6 is 0 Å². The first kappa shape index (κ1) is 36.0. The summed E-state index contributed by atoms with van der Waals surface area (Å²) in [5.74, 6) is 0.764. The molecule has 0 spiro atoms. The first-order valence-corrected chi connectivity index (χ1v) is 14.2. The van der Waals surface area contributed by atoms with Crippen LogP contribution in [0.15, 0.2) is 18.2 Å². The number of fused-ring (bicyclic) bond motifs is 3. The van der Waals surface area contributed by atoms with Crippen molar-refractivity contribution in [2.75, 3.05) is 25.6 Å². The van der Waals surface area contributed by atoms with Crippen molar-refractivity contribution in [3.63, 3.8) is 0 Å². The number of benzene rings is 1. The summed E-state index contributed by atoms with van der Waals surface area (Å²) in [6, 6.07) is 4.11. The zero-order valence-corrected chi connectivity index (χ0v) is 24.9. The van der Waals surface area contributed by atoms with E-state index in [4.69, 9.17) is 9.53 Å². The van der Waals surface area contributed by atoms with Gasteiger partial charge in [-0.25, -0.2) is 0 Å². The summed E-state index contributed by atoms with van der Waals surface area (Å²) in [5.41, 5.74) is 3.18. The van der Waals surface area contributed by atoms with Crippen molar-refractivity contribution in [1.29, 1.82) is 0 Å². The Balaban J connectivity index is 0.000000930. The van der Waals surface area contributed by atoms with Crippen molar-refractivity contribution in [1.82, 2.24) is 15.5 Å². The summed E-state index contributed by atoms with van der Waals surface area (Å²) in [6.45, 7) is 9.67. The third kappa shape index (κ3) is 12.1. The van der Waals surface area contributed by atoms with Gasteiger partial charge in [0.1, 0.15) is 6.29 Å². The monoisotopic (exact) mass is 582 g/mol. The van der Waals surface area contributed by atoms with E-state index in [-0.39, 0.29) is 6.61 Å². The lowest BCUT2D eigenvalue weighted by molar-refractivity contribution is -0.137. The minimum absolute atomic E-state index is 0.122. The van der Waals surface area contributed by atoms with Crippen LogP contribution < -0.4 is 10.6 Å². The molecule has 0 bridgehead atoms. The van der Waals surface area contributed by atoms with Crippen LogP contribution in [-0.2, 0) is 44.8 Å².